The van der Waals surface area contributed by atoms with Crippen molar-refractivity contribution in [3.63, 3.8) is 0 Å². The third-order valence-corrected chi connectivity index (χ3v) is 6.32. The molecule has 6 heteroatoms. The summed E-state index contributed by atoms with van der Waals surface area (Å²) in [4.78, 5) is 29.8. The molecule has 1 unspecified atom stereocenters. The quantitative estimate of drug-likeness (QED) is 0.774. The lowest BCUT2D eigenvalue weighted by atomic mass is 9.95. The zero-order chi connectivity index (χ0) is 21.5. The second-order valence-corrected chi connectivity index (χ2v) is 8.94. The fraction of sp³-hybridized carbons (Fsp3) is 0.667. The maximum absolute atomic E-state index is 13.3. The van der Waals surface area contributed by atoms with Crippen LogP contribution < -0.4 is 10.1 Å². The lowest BCUT2D eigenvalue weighted by Gasteiger charge is -2.35. The molecule has 2 heterocycles. The van der Waals surface area contributed by atoms with Crippen LogP contribution in [0.1, 0.15) is 64.0 Å². The summed E-state index contributed by atoms with van der Waals surface area (Å²) in [6, 6.07) is 8.46. The van der Waals surface area contributed by atoms with Crippen LogP contribution in [0.3, 0.4) is 0 Å². The molecule has 1 N–H and O–H groups in total. The first kappa shape index (κ1) is 22.6. The van der Waals surface area contributed by atoms with Crippen LogP contribution in [0.4, 0.5) is 0 Å². The molecule has 0 saturated carbocycles. The van der Waals surface area contributed by atoms with Crippen molar-refractivity contribution >= 4 is 11.8 Å². The number of amides is 2. The van der Waals surface area contributed by atoms with Gasteiger partial charge in [-0.05, 0) is 70.3 Å². The van der Waals surface area contributed by atoms with E-state index in [1.165, 1.54) is 12.0 Å². The van der Waals surface area contributed by atoms with Crippen LogP contribution in [0.5, 0.6) is 5.75 Å². The van der Waals surface area contributed by atoms with Crippen LogP contribution >= 0.6 is 0 Å². The normalized spacial score (nSPS) is 21.3. The van der Waals surface area contributed by atoms with Crippen molar-refractivity contribution < 1.29 is 14.3 Å². The molecule has 6 nitrogen and oxygen atoms in total. The van der Waals surface area contributed by atoms with Gasteiger partial charge in [0.1, 0.15) is 5.75 Å². The van der Waals surface area contributed by atoms with Crippen LogP contribution in [0.25, 0.3) is 0 Å². The maximum Gasteiger partial charge on any atom is 0.237 e. The van der Waals surface area contributed by atoms with E-state index in [4.69, 9.17) is 4.74 Å². The number of nitrogens with one attached hydrogen (secondary N) is 1. The number of likely N-dealkylation sites (tertiary alicyclic amines) is 2. The first-order chi connectivity index (χ1) is 14.5. The third-order valence-electron chi connectivity index (χ3n) is 6.32. The van der Waals surface area contributed by atoms with Gasteiger partial charge in [-0.3, -0.25) is 14.5 Å². The summed E-state index contributed by atoms with van der Waals surface area (Å²) in [6.07, 6.45) is 6.05. The third kappa shape index (κ3) is 5.97. The Bertz CT molecular complexity index is 696. The van der Waals surface area contributed by atoms with E-state index in [-0.39, 0.29) is 29.8 Å². The summed E-state index contributed by atoms with van der Waals surface area (Å²) in [6.45, 7) is 6.87. The largest absolute Gasteiger partial charge is 0.497 e. The highest BCUT2D eigenvalue weighted by Gasteiger charge is 2.30. The Morgan fingerprint density at radius 1 is 1.03 bits per heavy atom. The number of benzene rings is 1. The molecule has 1 atom stereocenters. The van der Waals surface area contributed by atoms with Crippen molar-refractivity contribution in [3.8, 4) is 5.75 Å². The Kier molecular flexibility index (Phi) is 8.14. The highest BCUT2D eigenvalue weighted by Crippen LogP contribution is 2.31. The molecule has 30 heavy (non-hydrogen) atoms. The molecule has 3 rings (SSSR count). The van der Waals surface area contributed by atoms with Gasteiger partial charge in [-0.15, -0.1) is 0 Å². The van der Waals surface area contributed by atoms with Crippen LogP contribution in [0.15, 0.2) is 24.3 Å². The van der Waals surface area contributed by atoms with Gasteiger partial charge in [0.2, 0.25) is 11.8 Å². The fourth-order valence-corrected chi connectivity index (χ4v) is 4.62. The number of nitrogens with zero attached hydrogens (tertiary/aromatic N) is 2. The van der Waals surface area contributed by atoms with Crippen LogP contribution in [0.2, 0.25) is 0 Å². The molecule has 0 radical (unpaired) electrons. The second kappa shape index (κ2) is 10.8. The summed E-state index contributed by atoms with van der Waals surface area (Å²) in [5.41, 5.74) is 1.19. The van der Waals surface area contributed by atoms with E-state index in [2.05, 4.69) is 27.2 Å². The lowest BCUT2D eigenvalue weighted by Crippen LogP contribution is -2.47. The standard InChI is InChI=1S/C24H37N3O3/c1-18(2)25-24(29)20-12-15-26(16-13-20)17-23(28)27-14-6-4-5-7-22(27)19-8-10-21(30-3)11-9-19/h8-11,18,20,22H,4-7,12-17H2,1-3H3,(H,25,29). The van der Waals surface area contributed by atoms with Gasteiger partial charge in [0.25, 0.3) is 0 Å². The Morgan fingerprint density at radius 2 is 1.73 bits per heavy atom. The molecule has 0 aliphatic carbocycles. The molecule has 1 aromatic rings. The smallest absolute Gasteiger partial charge is 0.237 e. The number of rotatable bonds is 6. The van der Waals surface area contributed by atoms with E-state index in [0.29, 0.717) is 6.54 Å². The van der Waals surface area contributed by atoms with Crippen molar-refractivity contribution in [3.05, 3.63) is 29.8 Å². The van der Waals surface area contributed by atoms with Crippen molar-refractivity contribution in [2.45, 2.75) is 64.5 Å². The number of ether oxygens (including phenoxy) is 1. The number of piperidine rings is 1. The topological polar surface area (TPSA) is 61.9 Å². The van der Waals surface area contributed by atoms with E-state index >= 15 is 0 Å². The summed E-state index contributed by atoms with van der Waals surface area (Å²) in [7, 11) is 1.67. The SMILES string of the molecule is COc1ccc(C2CCCCCN2C(=O)CN2CCC(C(=O)NC(C)C)CC2)cc1. The van der Waals surface area contributed by atoms with Crippen LogP contribution in [0, 0.1) is 5.92 Å². The van der Waals surface area contributed by atoms with Gasteiger partial charge in [0.05, 0.1) is 19.7 Å². The molecule has 0 bridgehead atoms. The van der Waals surface area contributed by atoms with Crippen LogP contribution in [-0.2, 0) is 9.59 Å². The molecule has 166 valence electrons. The van der Waals surface area contributed by atoms with Crippen molar-refractivity contribution in [2.24, 2.45) is 5.92 Å². The summed E-state index contributed by atoms with van der Waals surface area (Å²) in [5, 5.41) is 3.02. The van der Waals surface area contributed by atoms with Gasteiger partial charge in [0.15, 0.2) is 0 Å². The van der Waals surface area contributed by atoms with E-state index in [1.54, 1.807) is 7.11 Å². The van der Waals surface area contributed by atoms with Crippen molar-refractivity contribution in [2.75, 3.05) is 33.3 Å². The first-order valence-electron chi connectivity index (χ1n) is 11.4. The molecule has 2 aliphatic heterocycles. The molecule has 0 spiro atoms. The molecule has 2 aliphatic rings. The Morgan fingerprint density at radius 3 is 2.37 bits per heavy atom. The van der Waals surface area contributed by atoms with Gasteiger partial charge in [0, 0.05) is 18.5 Å². The van der Waals surface area contributed by atoms with Gasteiger partial charge < -0.3 is 15.0 Å². The molecule has 2 saturated heterocycles. The minimum atomic E-state index is 0.0731. The minimum absolute atomic E-state index is 0.0731. The summed E-state index contributed by atoms with van der Waals surface area (Å²) < 4.78 is 5.29. The second-order valence-electron chi connectivity index (χ2n) is 8.94. The highest BCUT2D eigenvalue weighted by atomic mass is 16.5. The summed E-state index contributed by atoms with van der Waals surface area (Å²) >= 11 is 0. The minimum Gasteiger partial charge on any atom is -0.497 e. The van der Waals surface area contributed by atoms with E-state index < -0.39 is 0 Å². The van der Waals surface area contributed by atoms with Gasteiger partial charge in [-0.25, -0.2) is 0 Å². The molecular weight excluding hydrogens is 378 g/mol. The number of carbonyl (C=O) groups is 2. The number of hydrogen-bond donors (Lipinski definition) is 1. The maximum atomic E-state index is 13.3. The Hall–Kier alpha value is -2.08. The van der Waals surface area contributed by atoms with E-state index in [0.717, 1.165) is 57.5 Å². The lowest BCUT2D eigenvalue weighted by molar-refractivity contribution is -0.135. The molecule has 1 aromatic carbocycles. The highest BCUT2D eigenvalue weighted by molar-refractivity contribution is 5.80. The molecule has 2 fully saturated rings. The molecule has 0 aromatic heterocycles. The van der Waals surface area contributed by atoms with Gasteiger partial charge in [-0.1, -0.05) is 25.0 Å². The molecule has 2 amide bonds. The number of carbonyl (C=O) groups excluding carboxylic acids is 2. The van der Waals surface area contributed by atoms with Gasteiger partial charge >= 0.3 is 0 Å². The first-order valence-corrected chi connectivity index (χ1v) is 11.4. The van der Waals surface area contributed by atoms with Gasteiger partial charge in [-0.2, -0.15) is 0 Å². The zero-order valence-electron chi connectivity index (χ0n) is 18.7. The monoisotopic (exact) mass is 415 g/mol. The predicted molar refractivity (Wildman–Crippen MR) is 118 cm³/mol. The van der Waals surface area contributed by atoms with Crippen molar-refractivity contribution in [1.82, 2.24) is 15.1 Å². The number of hydrogen-bond acceptors (Lipinski definition) is 4. The van der Waals surface area contributed by atoms with Crippen molar-refractivity contribution in [1.29, 1.82) is 0 Å². The van der Waals surface area contributed by atoms with Crippen LogP contribution in [-0.4, -0.2) is 60.9 Å². The summed E-state index contributed by atoms with van der Waals surface area (Å²) in [5.74, 6) is 1.28. The molecular formula is C24H37N3O3. The van der Waals surface area contributed by atoms with E-state index in [1.807, 2.05) is 26.0 Å². The average Bonchev–Trinajstić information content (AvgIpc) is 3.00. The Labute approximate surface area is 180 Å². The number of methoxy groups -OCH3 is 1. The zero-order valence-corrected chi connectivity index (χ0v) is 18.7. The average molecular weight is 416 g/mol. The predicted octanol–water partition coefficient (Wildman–Crippen LogP) is 3.38. The fourth-order valence-electron chi connectivity index (χ4n) is 4.62. The van der Waals surface area contributed by atoms with E-state index in [9.17, 15) is 9.59 Å². The Balaban J connectivity index is 1.59.